The van der Waals surface area contributed by atoms with Gasteiger partial charge in [0.15, 0.2) is 0 Å². The summed E-state index contributed by atoms with van der Waals surface area (Å²) >= 11 is 0. The molecule has 7 heteroatoms. The smallest absolute Gasteiger partial charge is 0.258 e. The average molecular weight is 426 g/mol. The van der Waals surface area contributed by atoms with E-state index in [4.69, 9.17) is 0 Å². The molecule has 1 aliphatic rings. The van der Waals surface area contributed by atoms with Gasteiger partial charge in [-0.2, -0.15) is 0 Å². The van der Waals surface area contributed by atoms with Crippen molar-refractivity contribution in [3.63, 3.8) is 0 Å². The third kappa shape index (κ3) is 5.90. The zero-order valence-corrected chi connectivity index (χ0v) is 17.7. The van der Waals surface area contributed by atoms with Crippen molar-refractivity contribution in [2.24, 2.45) is 5.92 Å². The van der Waals surface area contributed by atoms with Gasteiger partial charge in [-0.1, -0.05) is 31.5 Å². The van der Waals surface area contributed by atoms with Gasteiger partial charge in [-0.15, -0.1) is 0 Å². The topological polar surface area (TPSA) is 78.5 Å². The number of amides is 3. The van der Waals surface area contributed by atoms with Crippen LogP contribution in [0.5, 0.6) is 0 Å². The summed E-state index contributed by atoms with van der Waals surface area (Å²) in [5, 5.41) is 5.59. The van der Waals surface area contributed by atoms with E-state index < -0.39 is 11.7 Å². The number of carbonyl (C=O) groups excluding carboxylic acids is 3. The lowest BCUT2D eigenvalue weighted by Crippen LogP contribution is -2.45. The fourth-order valence-corrected chi connectivity index (χ4v) is 3.66. The maximum Gasteiger partial charge on any atom is 0.258 e. The summed E-state index contributed by atoms with van der Waals surface area (Å²) in [5.74, 6) is -1.59. The van der Waals surface area contributed by atoms with Crippen molar-refractivity contribution in [3.05, 3.63) is 65.5 Å². The Morgan fingerprint density at radius 3 is 2.71 bits per heavy atom. The van der Waals surface area contributed by atoms with Gasteiger partial charge in [-0.25, -0.2) is 4.39 Å². The van der Waals surface area contributed by atoms with Crippen LogP contribution >= 0.6 is 0 Å². The molecule has 0 unspecified atom stereocenters. The molecule has 31 heavy (non-hydrogen) atoms. The molecular weight excluding hydrogens is 397 g/mol. The Morgan fingerprint density at radius 2 is 1.94 bits per heavy atom. The standard InChI is InChI=1S/C24H28FN3O3/c1-2-3-13-26-22(29)18-9-7-14-28(16-18)24(31)17-8-6-10-19(15-17)27-23(30)20-11-4-5-12-21(20)25/h4-6,8,10-12,15,18H,2-3,7,9,13-14,16H2,1H3,(H,26,29)(H,27,30)/t18-/m0/s1. The molecule has 0 bridgehead atoms. The molecule has 1 fully saturated rings. The van der Waals surface area contributed by atoms with Crippen LogP contribution in [-0.4, -0.2) is 42.3 Å². The summed E-state index contributed by atoms with van der Waals surface area (Å²) < 4.78 is 13.8. The second-order valence-electron chi connectivity index (χ2n) is 7.75. The predicted molar refractivity (Wildman–Crippen MR) is 117 cm³/mol. The fourth-order valence-electron chi connectivity index (χ4n) is 3.66. The number of likely N-dealkylation sites (tertiary alicyclic amines) is 1. The zero-order valence-electron chi connectivity index (χ0n) is 17.7. The minimum Gasteiger partial charge on any atom is -0.356 e. The molecule has 1 aliphatic heterocycles. The molecule has 1 saturated heterocycles. The monoisotopic (exact) mass is 425 g/mol. The molecular formula is C24H28FN3O3. The third-order valence-corrected chi connectivity index (χ3v) is 5.39. The molecule has 164 valence electrons. The van der Waals surface area contributed by atoms with Gasteiger partial charge in [-0.3, -0.25) is 14.4 Å². The van der Waals surface area contributed by atoms with Gasteiger partial charge in [0.2, 0.25) is 5.91 Å². The molecule has 2 aromatic carbocycles. The van der Waals surface area contributed by atoms with Crippen molar-refractivity contribution in [3.8, 4) is 0 Å². The van der Waals surface area contributed by atoms with E-state index in [1.54, 1.807) is 35.2 Å². The van der Waals surface area contributed by atoms with E-state index in [0.29, 0.717) is 30.9 Å². The van der Waals surface area contributed by atoms with E-state index in [0.717, 1.165) is 25.7 Å². The van der Waals surface area contributed by atoms with Crippen LogP contribution in [0.4, 0.5) is 10.1 Å². The van der Waals surface area contributed by atoms with Crippen LogP contribution in [0.1, 0.15) is 53.3 Å². The van der Waals surface area contributed by atoms with E-state index in [9.17, 15) is 18.8 Å². The highest BCUT2D eigenvalue weighted by Crippen LogP contribution is 2.21. The van der Waals surface area contributed by atoms with Gasteiger partial charge in [-0.05, 0) is 49.6 Å². The van der Waals surface area contributed by atoms with E-state index in [1.165, 1.54) is 18.2 Å². The van der Waals surface area contributed by atoms with E-state index in [1.807, 2.05) is 0 Å². The van der Waals surface area contributed by atoms with E-state index in [2.05, 4.69) is 17.6 Å². The summed E-state index contributed by atoms with van der Waals surface area (Å²) in [4.78, 5) is 39.4. The van der Waals surface area contributed by atoms with Crippen molar-refractivity contribution >= 4 is 23.4 Å². The molecule has 0 radical (unpaired) electrons. The molecule has 0 saturated carbocycles. The number of carbonyl (C=O) groups is 3. The van der Waals surface area contributed by atoms with Gasteiger partial charge < -0.3 is 15.5 Å². The second-order valence-corrected chi connectivity index (χ2v) is 7.75. The average Bonchev–Trinajstić information content (AvgIpc) is 2.79. The maximum atomic E-state index is 13.8. The molecule has 0 aliphatic carbocycles. The molecule has 1 heterocycles. The number of anilines is 1. The van der Waals surface area contributed by atoms with Crippen molar-refractivity contribution in [1.82, 2.24) is 10.2 Å². The Balaban J connectivity index is 1.65. The quantitative estimate of drug-likeness (QED) is 0.662. The number of hydrogen-bond donors (Lipinski definition) is 2. The Morgan fingerprint density at radius 1 is 1.13 bits per heavy atom. The third-order valence-electron chi connectivity index (χ3n) is 5.39. The Hall–Kier alpha value is -3.22. The molecule has 6 nitrogen and oxygen atoms in total. The van der Waals surface area contributed by atoms with E-state index in [-0.39, 0.29) is 23.3 Å². The van der Waals surface area contributed by atoms with Gasteiger partial charge in [0.1, 0.15) is 5.82 Å². The first-order valence-corrected chi connectivity index (χ1v) is 10.7. The largest absolute Gasteiger partial charge is 0.356 e. The number of rotatable bonds is 7. The van der Waals surface area contributed by atoms with Crippen LogP contribution in [0.3, 0.4) is 0 Å². The minimum atomic E-state index is -0.608. The Kier molecular flexibility index (Phi) is 7.76. The zero-order chi connectivity index (χ0) is 22.2. The number of unbranched alkanes of at least 4 members (excludes halogenated alkanes) is 1. The summed E-state index contributed by atoms with van der Waals surface area (Å²) in [6.45, 7) is 3.69. The van der Waals surface area contributed by atoms with E-state index >= 15 is 0 Å². The summed E-state index contributed by atoms with van der Waals surface area (Å²) in [6, 6.07) is 12.3. The highest BCUT2D eigenvalue weighted by atomic mass is 19.1. The second kappa shape index (κ2) is 10.7. The number of nitrogens with one attached hydrogen (secondary N) is 2. The molecule has 2 aromatic rings. The number of piperidine rings is 1. The van der Waals surface area contributed by atoms with Gasteiger partial charge in [0.05, 0.1) is 11.5 Å². The summed E-state index contributed by atoms with van der Waals surface area (Å²) in [6.07, 6.45) is 3.48. The predicted octanol–water partition coefficient (Wildman–Crippen LogP) is 3.85. The molecule has 0 aromatic heterocycles. The highest BCUT2D eigenvalue weighted by molar-refractivity contribution is 6.05. The Bertz CT molecular complexity index is 947. The van der Waals surface area contributed by atoms with Crippen LogP contribution in [-0.2, 0) is 4.79 Å². The van der Waals surface area contributed by atoms with Crippen molar-refractivity contribution in [2.75, 3.05) is 25.0 Å². The van der Waals surface area contributed by atoms with Crippen LogP contribution in [0.15, 0.2) is 48.5 Å². The minimum absolute atomic E-state index is 0.00292. The van der Waals surface area contributed by atoms with Crippen molar-refractivity contribution in [2.45, 2.75) is 32.6 Å². The number of benzene rings is 2. The molecule has 3 amide bonds. The van der Waals surface area contributed by atoms with Crippen LogP contribution in [0.2, 0.25) is 0 Å². The molecule has 2 N–H and O–H groups in total. The first-order chi connectivity index (χ1) is 15.0. The molecule has 0 spiro atoms. The summed E-state index contributed by atoms with van der Waals surface area (Å²) in [7, 11) is 0. The summed E-state index contributed by atoms with van der Waals surface area (Å²) in [5.41, 5.74) is 0.760. The highest BCUT2D eigenvalue weighted by Gasteiger charge is 2.28. The van der Waals surface area contributed by atoms with Crippen LogP contribution < -0.4 is 10.6 Å². The van der Waals surface area contributed by atoms with Crippen molar-refractivity contribution in [1.29, 1.82) is 0 Å². The SMILES string of the molecule is CCCCNC(=O)[C@H]1CCCN(C(=O)c2cccc(NC(=O)c3ccccc3F)c2)C1. The first-order valence-electron chi connectivity index (χ1n) is 10.7. The first kappa shape index (κ1) is 22.5. The van der Waals surface area contributed by atoms with Gasteiger partial charge >= 0.3 is 0 Å². The lowest BCUT2D eigenvalue weighted by atomic mass is 9.96. The fraction of sp³-hybridized carbons (Fsp3) is 0.375. The molecule has 3 rings (SSSR count). The van der Waals surface area contributed by atoms with Crippen LogP contribution in [0, 0.1) is 11.7 Å². The molecule has 1 atom stereocenters. The number of hydrogen-bond acceptors (Lipinski definition) is 3. The van der Waals surface area contributed by atoms with Gasteiger partial charge in [0.25, 0.3) is 11.8 Å². The Labute approximate surface area is 181 Å². The van der Waals surface area contributed by atoms with Crippen molar-refractivity contribution < 1.29 is 18.8 Å². The number of halogens is 1. The normalized spacial score (nSPS) is 15.9. The lowest BCUT2D eigenvalue weighted by molar-refractivity contribution is -0.126. The lowest BCUT2D eigenvalue weighted by Gasteiger charge is -2.32. The number of nitrogens with zero attached hydrogens (tertiary/aromatic N) is 1. The van der Waals surface area contributed by atoms with Gasteiger partial charge in [0, 0.05) is 30.9 Å². The van der Waals surface area contributed by atoms with Crippen LogP contribution in [0.25, 0.3) is 0 Å². The maximum absolute atomic E-state index is 13.8.